The van der Waals surface area contributed by atoms with Gasteiger partial charge in [0.05, 0.1) is 0 Å². The van der Waals surface area contributed by atoms with Gasteiger partial charge in [0.1, 0.15) is 6.54 Å². The first-order chi connectivity index (χ1) is 6.50. The van der Waals surface area contributed by atoms with Gasteiger partial charge in [-0.05, 0) is 22.0 Å². The van der Waals surface area contributed by atoms with E-state index in [1.54, 1.807) is 26.4 Å². The number of aromatic nitrogens is 1. The minimum atomic E-state index is -0.177. The zero-order valence-corrected chi connectivity index (χ0v) is 9.61. The molecule has 0 unspecified atom stereocenters. The van der Waals surface area contributed by atoms with Crippen LogP contribution in [0.15, 0.2) is 27.6 Å². The lowest BCUT2D eigenvalue weighted by Gasteiger charge is -2.11. The van der Waals surface area contributed by atoms with Crippen molar-refractivity contribution in [2.75, 3.05) is 14.1 Å². The van der Waals surface area contributed by atoms with Crippen molar-refractivity contribution in [3.63, 3.8) is 0 Å². The monoisotopic (exact) mass is 258 g/mol. The van der Waals surface area contributed by atoms with Crippen LogP contribution in [0, 0.1) is 0 Å². The lowest BCUT2D eigenvalue weighted by molar-refractivity contribution is -0.129. The number of carbonyl (C=O) groups excluding carboxylic acids is 1. The molecule has 1 amide bonds. The molecule has 5 heteroatoms. The number of hydrogen-bond acceptors (Lipinski definition) is 2. The minimum Gasteiger partial charge on any atom is -0.347 e. The standard InChI is InChI=1S/C9H11BrN2O2/c1-11(2)9(14)6-12-5-7(10)3-4-8(12)13/h3-5H,6H2,1-2H3. The van der Waals surface area contributed by atoms with Gasteiger partial charge in [-0.2, -0.15) is 0 Å². The van der Waals surface area contributed by atoms with Crippen LogP contribution < -0.4 is 5.56 Å². The molecular formula is C9H11BrN2O2. The summed E-state index contributed by atoms with van der Waals surface area (Å²) in [5, 5.41) is 0. The average molecular weight is 259 g/mol. The number of amides is 1. The quantitative estimate of drug-likeness (QED) is 0.784. The molecule has 0 radical (unpaired) electrons. The number of pyridine rings is 1. The van der Waals surface area contributed by atoms with E-state index >= 15 is 0 Å². The normalized spacial score (nSPS) is 9.93. The van der Waals surface area contributed by atoms with Crippen LogP contribution in [0.1, 0.15) is 0 Å². The Bertz CT molecular complexity index is 398. The summed E-state index contributed by atoms with van der Waals surface area (Å²) >= 11 is 3.24. The van der Waals surface area contributed by atoms with Gasteiger partial charge in [-0.3, -0.25) is 9.59 Å². The lowest BCUT2D eigenvalue weighted by Crippen LogP contribution is -2.30. The van der Waals surface area contributed by atoms with Gasteiger partial charge in [0.15, 0.2) is 0 Å². The summed E-state index contributed by atoms with van der Waals surface area (Å²) in [4.78, 5) is 24.1. The molecular weight excluding hydrogens is 248 g/mol. The Kier molecular flexibility index (Phi) is 3.46. The fourth-order valence-corrected chi connectivity index (χ4v) is 1.29. The van der Waals surface area contributed by atoms with E-state index in [4.69, 9.17) is 0 Å². The highest BCUT2D eigenvalue weighted by Gasteiger charge is 2.06. The molecule has 1 aromatic rings. The maximum atomic E-state index is 11.3. The van der Waals surface area contributed by atoms with Crippen LogP contribution in [0.2, 0.25) is 0 Å². The van der Waals surface area contributed by atoms with Gasteiger partial charge in [-0.15, -0.1) is 0 Å². The van der Waals surface area contributed by atoms with Gasteiger partial charge in [-0.1, -0.05) is 0 Å². The van der Waals surface area contributed by atoms with E-state index in [1.807, 2.05) is 0 Å². The van der Waals surface area contributed by atoms with Crippen molar-refractivity contribution in [1.29, 1.82) is 0 Å². The van der Waals surface area contributed by atoms with Crippen molar-refractivity contribution in [2.24, 2.45) is 0 Å². The number of halogens is 1. The van der Waals surface area contributed by atoms with Crippen molar-refractivity contribution >= 4 is 21.8 Å². The molecule has 1 aromatic heterocycles. The zero-order chi connectivity index (χ0) is 10.7. The Balaban J connectivity index is 2.92. The molecule has 0 aromatic carbocycles. The first-order valence-electron chi connectivity index (χ1n) is 4.07. The van der Waals surface area contributed by atoms with Crippen molar-refractivity contribution in [1.82, 2.24) is 9.47 Å². The first-order valence-corrected chi connectivity index (χ1v) is 4.86. The summed E-state index contributed by atoms with van der Waals surface area (Å²) in [5.41, 5.74) is -0.177. The highest BCUT2D eigenvalue weighted by molar-refractivity contribution is 9.10. The second kappa shape index (κ2) is 4.41. The highest BCUT2D eigenvalue weighted by atomic mass is 79.9. The molecule has 1 heterocycles. The summed E-state index contributed by atoms with van der Waals surface area (Å²) in [6.07, 6.45) is 1.60. The second-order valence-electron chi connectivity index (χ2n) is 3.10. The van der Waals surface area contributed by atoms with Crippen LogP contribution >= 0.6 is 15.9 Å². The molecule has 0 aliphatic carbocycles. The average Bonchev–Trinajstić information content (AvgIpc) is 2.11. The molecule has 76 valence electrons. The molecule has 4 nitrogen and oxygen atoms in total. The molecule has 1 rings (SSSR count). The van der Waals surface area contributed by atoms with Crippen LogP contribution in [0.4, 0.5) is 0 Å². The lowest BCUT2D eigenvalue weighted by atomic mass is 10.4. The summed E-state index contributed by atoms with van der Waals surface area (Å²) < 4.78 is 2.15. The van der Waals surface area contributed by atoms with Crippen LogP contribution in [0.3, 0.4) is 0 Å². The van der Waals surface area contributed by atoms with E-state index in [1.165, 1.54) is 15.5 Å². The van der Waals surface area contributed by atoms with E-state index < -0.39 is 0 Å². The van der Waals surface area contributed by atoms with Gasteiger partial charge >= 0.3 is 0 Å². The van der Waals surface area contributed by atoms with Crippen molar-refractivity contribution < 1.29 is 4.79 Å². The highest BCUT2D eigenvalue weighted by Crippen LogP contribution is 2.04. The smallest absolute Gasteiger partial charge is 0.251 e. The Morgan fingerprint density at radius 1 is 1.50 bits per heavy atom. The maximum Gasteiger partial charge on any atom is 0.251 e. The van der Waals surface area contributed by atoms with Crippen LogP contribution in [-0.4, -0.2) is 29.5 Å². The number of rotatable bonds is 2. The molecule has 0 fully saturated rings. The fourth-order valence-electron chi connectivity index (χ4n) is 0.913. The Hall–Kier alpha value is -1.10. The van der Waals surface area contributed by atoms with Gasteiger partial charge in [-0.25, -0.2) is 0 Å². The summed E-state index contributed by atoms with van der Waals surface area (Å²) in [6, 6.07) is 3.08. The van der Waals surface area contributed by atoms with Gasteiger partial charge < -0.3 is 9.47 Å². The molecule has 0 saturated heterocycles. The first kappa shape index (κ1) is 11.0. The molecule has 0 spiro atoms. The largest absolute Gasteiger partial charge is 0.347 e. The fraction of sp³-hybridized carbons (Fsp3) is 0.333. The Morgan fingerprint density at radius 3 is 2.71 bits per heavy atom. The number of nitrogens with zero attached hydrogens (tertiary/aromatic N) is 2. The van der Waals surface area contributed by atoms with Gasteiger partial charge in [0, 0.05) is 30.8 Å². The van der Waals surface area contributed by atoms with Gasteiger partial charge in [0.25, 0.3) is 5.56 Å². The number of carbonyl (C=O) groups is 1. The number of hydrogen-bond donors (Lipinski definition) is 0. The van der Waals surface area contributed by atoms with E-state index in [9.17, 15) is 9.59 Å². The molecule has 0 N–H and O–H groups in total. The third-order valence-electron chi connectivity index (χ3n) is 1.75. The summed E-state index contributed by atoms with van der Waals surface area (Å²) in [6.45, 7) is 0.0747. The predicted octanol–water partition coefficient (Wildman–Crippen LogP) is 0.699. The Labute approximate surface area is 90.3 Å². The van der Waals surface area contributed by atoms with Crippen LogP contribution in [0.25, 0.3) is 0 Å². The zero-order valence-electron chi connectivity index (χ0n) is 8.03. The molecule has 0 aliphatic heterocycles. The molecule has 0 bridgehead atoms. The molecule has 0 saturated carbocycles. The maximum absolute atomic E-state index is 11.3. The van der Waals surface area contributed by atoms with Crippen molar-refractivity contribution in [3.05, 3.63) is 33.2 Å². The van der Waals surface area contributed by atoms with Crippen LogP contribution in [-0.2, 0) is 11.3 Å². The Morgan fingerprint density at radius 2 is 2.14 bits per heavy atom. The second-order valence-corrected chi connectivity index (χ2v) is 4.02. The van der Waals surface area contributed by atoms with Gasteiger partial charge in [0.2, 0.25) is 5.91 Å². The van der Waals surface area contributed by atoms with Crippen molar-refractivity contribution in [3.8, 4) is 0 Å². The number of likely N-dealkylation sites (N-methyl/N-ethyl adjacent to an activating group) is 1. The minimum absolute atomic E-state index is 0.0747. The third-order valence-corrected chi connectivity index (χ3v) is 2.22. The van der Waals surface area contributed by atoms with E-state index in [0.717, 1.165) is 4.47 Å². The molecule has 0 aliphatic rings. The van der Waals surface area contributed by atoms with Crippen molar-refractivity contribution in [2.45, 2.75) is 6.54 Å². The topological polar surface area (TPSA) is 42.3 Å². The van der Waals surface area contributed by atoms with Crippen LogP contribution in [0.5, 0.6) is 0 Å². The van der Waals surface area contributed by atoms with E-state index in [0.29, 0.717) is 0 Å². The van der Waals surface area contributed by atoms with E-state index in [2.05, 4.69) is 15.9 Å². The third kappa shape index (κ3) is 2.70. The molecule has 0 atom stereocenters. The summed E-state index contributed by atoms with van der Waals surface area (Å²) in [7, 11) is 3.32. The SMILES string of the molecule is CN(C)C(=O)Cn1cc(Br)ccc1=O. The van der Waals surface area contributed by atoms with E-state index in [-0.39, 0.29) is 18.0 Å². The summed E-state index contributed by atoms with van der Waals surface area (Å²) in [5.74, 6) is -0.106. The predicted molar refractivity (Wildman–Crippen MR) is 57.1 cm³/mol. The molecule has 14 heavy (non-hydrogen) atoms.